The van der Waals surface area contributed by atoms with Crippen LogP contribution in [0.5, 0.6) is 11.5 Å². The number of ether oxygens (including phenoxy) is 2. The lowest BCUT2D eigenvalue weighted by molar-refractivity contribution is 0.252. The maximum atomic E-state index is 5.92. The zero-order valence-corrected chi connectivity index (χ0v) is 12.8. The van der Waals surface area contributed by atoms with Gasteiger partial charge in [0.05, 0.1) is 7.11 Å². The highest BCUT2D eigenvalue weighted by Crippen LogP contribution is 2.36. The third-order valence-corrected chi connectivity index (χ3v) is 3.58. The van der Waals surface area contributed by atoms with E-state index in [1.54, 1.807) is 11.8 Å². The summed E-state index contributed by atoms with van der Waals surface area (Å²) in [7, 11) is 3.56. The summed E-state index contributed by atoms with van der Waals surface area (Å²) in [6.45, 7) is 4.58. The molecule has 0 amide bonds. The molecule has 1 N–H and O–H groups in total. The minimum Gasteiger partial charge on any atom is -0.497 e. The van der Waals surface area contributed by atoms with Gasteiger partial charge < -0.3 is 14.8 Å². The molecule has 0 fully saturated rings. The molecule has 1 unspecified atom stereocenters. The Labute approximate surface area is 124 Å². The number of fused-ring (bicyclic) bond motifs is 1. The van der Waals surface area contributed by atoms with Crippen molar-refractivity contribution >= 4 is 5.95 Å². The lowest BCUT2D eigenvalue weighted by atomic mass is 10.1. The first-order valence-corrected chi connectivity index (χ1v) is 7.04. The molecule has 1 aromatic heterocycles. The third-order valence-electron chi connectivity index (χ3n) is 3.58. The van der Waals surface area contributed by atoms with Gasteiger partial charge in [0.25, 0.3) is 0 Å². The van der Waals surface area contributed by atoms with E-state index in [4.69, 9.17) is 9.47 Å². The van der Waals surface area contributed by atoms with Crippen molar-refractivity contribution in [3.63, 3.8) is 0 Å². The predicted octanol–water partition coefficient (Wildman–Crippen LogP) is 2.07. The second-order valence-electron chi connectivity index (χ2n) is 5.37. The van der Waals surface area contributed by atoms with Crippen LogP contribution in [0, 0.1) is 6.92 Å². The molecule has 0 aliphatic carbocycles. The minimum atomic E-state index is 0.211. The number of methoxy groups -OCH3 is 1. The highest BCUT2D eigenvalue weighted by molar-refractivity contribution is 5.50. The molecule has 0 saturated heterocycles. The Morgan fingerprint density at radius 3 is 2.95 bits per heavy atom. The van der Waals surface area contributed by atoms with E-state index in [0.717, 1.165) is 35.3 Å². The van der Waals surface area contributed by atoms with E-state index >= 15 is 0 Å². The van der Waals surface area contributed by atoms with Crippen LogP contribution in [-0.4, -0.2) is 28.0 Å². The minimum absolute atomic E-state index is 0.211. The Kier molecular flexibility index (Phi) is 3.45. The first-order valence-electron chi connectivity index (χ1n) is 7.04. The van der Waals surface area contributed by atoms with Crippen LogP contribution in [0.4, 0.5) is 5.95 Å². The molecular formula is C15H20N4O2. The Morgan fingerprint density at radius 1 is 1.48 bits per heavy atom. The highest BCUT2D eigenvalue weighted by atomic mass is 16.5. The van der Waals surface area contributed by atoms with Gasteiger partial charge in [-0.1, -0.05) is 0 Å². The van der Waals surface area contributed by atoms with E-state index in [1.165, 1.54) is 5.56 Å². The van der Waals surface area contributed by atoms with E-state index in [2.05, 4.69) is 28.4 Å². The van der Waals surface area contributed by atoms with Crippen molar-refractivity contribution < 1.29 is 9.47 Å². The van der Waals surface area contributed by atoms with Gasteiger partial charge in [-0.15, -0.1) is 0 Å². The van der Waals surface area contributed by atoms with Crippen LogP contribution in [-0.2, 0) is 20.0 Å². The first-order chi connectivity index (χ1) is 10.1. The zero-order chi connectivity index (χ0) is 15.0. The number of benzene rings is 1. The Morgan fingerprint density at radius 2 is 2.29 bits per heavy atom. The molecule has 1 aliphatic rings. The number of nitrogens with one attached hydrogen (secondary N) is 1. The normalized spacial score (nSPS) is 16.5. The van der Waals surface area contributed by atoms with Crippen molar-refractivity contribution in [1.82, 2.24) is 14.8 Å². The molecule has 0 spiro atoms. The molecule has 1 aliphatic heterocycles. The van der Waals surface area contributed by atoms with Crippen molar-refractivity contribution in [3.8, 4) is 11.5 Å². The van der Waals surface area contributed by atoms with Crippen molar-refractivity contribution in [3.05, 3.63) is 29.1 Å². The summed E-state index contributed by atoms with van der Waals surface area (Å²) in [5, 5.41) is 7.53. The van der Waals surface area contributed by atoms with Crippen LogP contribution in [0.3, 0.4) is 0 Å². The van der Waals surface area contributed by atoms with Crippen LogP contribution >= 0.6 is 0 Å². The lowest BCUT2D eigenvalue weighted by Crippen LogP contribution is -2.08. The average molecular weight is 288 g/mol. The topological polar surface area (TPSA) is 61.2 Å². The molecule has 1 aromatic carbocycles. The molecule has 112 valence electrons. The second-order valence-corrected chi connectivity index (χ2v) is 5.37. The summed E-state index contributed by atoms with van der Waals surface area (Å²) in [5.41, 5.74) is 2.28. The van der Waals surface area contributed by atoms with Crippen molar-refractivity contribution in [2.75, 3.05) is 12.4 Å². The van der Waals surface area contributed by atoms with Crippen LogP contribution in [0.25, 0.3) is 0 Å². The van der Waals surface area contributed by atoms with Gasteiger partial charge in [-0.05, 0) is 26.0 Å². The number of aryl methyl sites for hydroxylation is 2. The molecule has 6 nitrogen and oxygen atoms in total. The number of nitrogens with zero attached hydrogens (tertiary/aromatic N) is 3. The standard InChI is InChI=1S/C15H20N4O2/c1-9-5-11-6-13(20-4)7-12(14(11)21-9)8-16-15-17-10(2)18-19(15)3/h6-7,9H,5,8H2,1-4H3,(H,16,17,18). The molecule has 0 saturated carbocycles. The number of anilines is 1. The number of hydrogen-bond donors (Lipinski definition) is 1. The molecule has 0 bridgehead atoms. The summed E-state index contributed by atoms with van der Waals surface area (Å²) in [6, 6.07) is 4.06. The van der Waals surface area contributed by atoms with Gasteiger partial charge in [0, 0.05) is 31.1 Å². The summed E-state index contributed by atoms with van der Waals surface area (Å²) in [4.78, 5) is 4.35. The molecule has 6 heteroatoms. The fourth-order valence-corrected chi connectivity index (χ4v) is 2.67. The number of aromatic nitrogens is 3. The van der Waals surface area contributed by atoms with Gasteiger partial charge >= 0.3 is 0 Å². The zero-order valence-electron chi connectivity index (χ0n) is 12.8. The largest absolute Gasteiger partial charge is 0.497 e. The fourth-order valence-electron chi connectivity index (χ4n) is 2.67. The summed E-state index contributed by atoms with van der Waals surface area (Å²) in [6.07, 6.45) is 1.13. The Bertz CT molecular complexity index is 666. The average Bonchev–Trinajstić information content (AvgIpc) is 2.97. The lowest BCUT2D eigenvalue weighted by Gasteiger charge is -2.12. The molecule has 2 heterocycles. The van der Waals surface area contributed by atoms with E-state index in [-0.39, 0.29) is 6.10 Å². The molecule has 0 radical (unpaired) electrons. The maximum absolute atomic E-state index is 5.92. The first kappa shape index (κ1) is 13.7. The smallest absolute Gasteiger partial charge is 0.221 e. The van der Waals surface area contributed by atoms with E-state index in [1.807, 2.05) is 20.0 Å². The SMILES string of the molecule is COc1cc(CNc2nc(C)nn2C)c2c(c1)CC(C)O2. The number of rotatable bonds is 4. The van der Waals surface area contributed by atoms with Gasteiger partial charge in [-0.3, -0.25) is 0 Å². The van der Waals surface area contributed by atoms with Crippen LogP contribution < -0.4 is 14.8 Å². The van der Waals surface area contributed by atoms with Gasteiger partial charge in [-0.2, -0.15) is 10.1 Å². The Hall–Kier alpha value is -2.24. The van der Waals surface area contributed by atoms with Crippen LogP contribution in [0.1, 0.15) is 23.9 Å². The fraction of sp³-hybridized carbons (Fsp3) is 0.467. The number of hydrogen-bond acceptors (Lipinski definition) is 5. The molecule has 21 heavy (non-hydrogen) atoms. The van der Waals surface area contributed by atoms with E-state index in [9.17, 15) is 0 Å². The van der Waals surface area contributed by atoms with Gasteiger partial charge in [-0.25, -0.2) is 4.68 Å². The molecule has 2 aromatic rings. The van der Waals surface area contributed by atoms with Gasteiger partial charge in [0.15, 0.2) is 0 Å². The van der Waals surface area contributed by atoms with Gasteiger partial charge in [0.2, 0.25) is 5.95 Å². The van der Waals surface area contributed by atoms with Crippen molar-refractivity contribution in [2.24, 2.45) is 7.05 Å². The third kappa shape index (κ3) is 2.66. The molecule has 1 atom stereocenters. The molecular weight excluding hydrogens is 268 g/mol. The van der Waals surface area contributed by atoms with E-state index in [0.29, 0.717) is 6.54 Å². The predicted molar refractivity (Wildman–Crippen MR) is 79.9 cm³/mol. The van der Waals surface area contributed by atoms with Crippen molar-refractivity contribution in [1.29, 1.82) is 0 Å². The van der Waals surface area contributed by atoms with Crippen LogP contribution in [0.2, 0.25) is 0 Å². The quantitative estimate of drug-likeness (QED) is 0.933. The molecule has 3 rings (SSSR count). The van der Waals surface area contributed by atoms with Crippen molar-refractivity contribution in [2.45, 2.75) is 32.9 Å². The second kappa shape index (κ2) is 5.27. The summed E-state index contributed by atoms with van der Waals surface area (Å²) >= 11 is 0. The highest BCUT2D eigenvalue weighted by Gasteiger charge is 2.23. The Balaban J connectivity index is 1.85. The maximum Gasteiger partial charge on any atom is 0.221 e. The summed E-state index contributed by atoms with van der Waals surface area (Å²) < 4.78 is 13.0. The van der Waals surface area contributed by atoms with E-state index < -0.39 is 0 Å². The van der Waals surface area contributed by atoms with Gasteiger partial charge in [0.1, 0.15) is 23.4 Å². The monoisotopic (exact) mass is 288 g/mol. The summed E-state index contributed by atoms with van der Waals surface area (Å²) in [5.74, 6) is 3.32. The van der Waals surface area contributed by atoms with Crippen LogP contribution in [0.15, 0.2) is 12.1 Å².